The lowest BCUT2D eigenvalue weighted by atomic mass is 10.1. The second-order valence-electron chi connectivity index (χ2n) is 5.89. The number of benzene rings is 2. The smallest absolute Gasteiger partial charge is 0.193 e. The number of para-hydroxylation sites is 1. The molecule has 0 spiro atoms. The minimum atomic E-state index is 0.383. The average molecular weight is 346 g/mol. The van der Waals surface area contributed by atoms with Gasteiger partial charge < -0.3 is 15.8 Å². The molecule has 132 valence electrons. The Morgan fingerprint density at radius 2 is 1.88 bits per heavy atom. The first-order valence-electron chi connectivity index (χ1n) is 8.50. The summed E-state index contributed by atoms with van der Waals surface area (Å²) in [5.41, 5.74) is 9.23. The van der Waals surface area contributed by atoms with Gasteiger partial charge >= 0.3 is 0 Å². The van der Waals surface area contributed by atoms with Gasteiger partial charge in [-0.3, -0.25) is 9.98 Å². The highest BCUT2D eigenvalue weighted by Gasteiger charge is 2.01. The fraction of sp³-hybridized carbons (Fsp3) is 0.143. The number of nitrogens with zero attached hydrogens (tertiary/aromatic N) is 2. The number of aromatic nitrogens is 1. The summed E-state index contributed by atoms with van der Waals surface area (Å²) in [4.78, 5) is 8.49. The largest absolute Gasteiger partial charge is 0.457 e. The van der Waals surface area contributed by atoms with E-state index in [1.54, 1.807) is 6.20 Å². The van der Waals surface area contributed by atoms with Crippen molar-refractivity contribution < 1.29 is 4.74 Å². The quantitative estimate of drug-likeness (QED) is 0.519. The highest BCUT2D eigenvalue weighted by Crippen LogP contribution is 2.23. The molecule has 3 aromatic rings. The van der Waals surface area contributed by atoms with Crippen molar-refractivity contribution in [2.75, 3.05) is 11.9 Å². The van der Waals surface area contributed by atoms with Crippen LogP contribution in [0.4, 0.5) is 5.69 Å². The lowest BCUT2D eigenvalue weighted by Crippen LogP contribution is -2.23. The van der Waals surface area contributed by atoms with E-state index in [4.69, 9.17) is 10.5 Å². The SMILES string of the molecule is Cc1cnccc1CCN=C(N)Nc1cccc(Oc2ccccc2)c1. The van der Waals surface area contributed by atoms with Crippen LogP contribution in [0.5, 0.6) is 11.5 Å². The highest BCUT2D eigenvalue weighted by molar-refractivity contribution is 5.92. The van der Waals surface area contributed by atoms with Crippen LogP contribution in [0, 0.1) is 6.92 Å². The predicted octanol–water partition coefficient (Wildman–Crippen LogP) is 4.15. The molecular formula is C21H22N4O. The normalized spacial score (nSPS) is 11.2. The zero-order chi connectivity index (χ0) is 18.2. The third-order valence-electron chi connectivity index (χ3n) is 3.89. The molecule has 0 saturated heterocycles. The molecule has 0 aliphatic heterocycles. The maximum absolute atomic E-state index is 6.00. The van der Waals surface area contributed by atoms with Crippen LogP contribution in [0.2, 0.25) is 0 Å². The van der Waals surface area contributed by atoms with Gasteiger partial charge in [0, 0.05) is 30.7 Å². The van der Waals surface area contributed by atoms with Crippen molar-refractivity contribution in [3.63, 3.8) is 0 Å². The second kappa shape index (κ2) is 8.67. The first-order chi connectivity index (χ1) is 12.7. The molecule has 5 heteroatoms. The lowest BCUT2D eigenvalue weighted by Gasteiger charge is -2.09. The van der Waals surface area contributed by atoms with E-state index < -0.39 is 0 Å². The molecule has 0 radical (unpaired) electrons. The maximum atomic E-state index is 6.00. The minimum Gasteiger partial charge on any atom is -0.457 e. The Labute approximate surface area is 153 Å². The predicted molar refractivity (Wildman–Crippen MR) is 106 cm³/mol. The van der Waals surface area contributed by atoms with Crippen LogP contribution in [0.1, 0.15) is 11.1 Å². The molecule has 5 nitrogen and oxygen atoms in total. The van der Waals surface area contributed by atoms with Crippen molar-refractivity contribution in [2.24, 2.45) is 10.7 Å². The summed E-state index contributed by atoms with van der Waals surface area (Å²) in [6.07, 6.45) is 4.48. The minimum absolute atomic E-state index is 0.383. The van der Waals surface area contributed by atoms with Crippen molar-refractivity contribution >= 4 is 11.6 Å². The molecule has 0 fully saturated rings. The fourth-order valence-electron chi connectivity index (χ4n) is 2.53. The molecule has 0 saturated carbocycles. The zero-order valence-electron chi connectivity index (χ0n) is 14.7. The molecule has 2 aromatic carbocycles. The molecule has 0 aliphatic rings. The summed E-state index contributed by atoms with van der Waals surface area (Å²) >= 11 is 0. The fourth-order valence-corrected chi connectivity index (χ4v) is 2.53. The number of ether oxygens (including phenoxy) is 1. The van der Waals surface area contributed by atoms with Crippen molar-refractivity contribution in [3.8, 4) is 11.5 Å². The van der Waals surface area contributed by atoms with Gasteiger partial charge in [-0.25, -0.2) is 0 Å². The molecule has 0 bridgehead atoms. The summed E-state index contributed by atoms with van der Waals surface area (Å²) in [7, 11) is 0. The number of aliphatic imine (C=N–C) groups is 1. The van der Waals surface area contributed by atoms with Gasteiger partial charge in [-0.2, -0.15) is 0 Å². The van der Waals surface area contributed by atoms with E-state index in [1.807, 2.05) is 73.8 Å². The van der Waals surface area contributed by atoms with Gasteiger partial charge in [0.2, 0.25) is 0 Å². The third kappa shape index (κ3) is 5.08. The lowest BCUT2D eigenvalue weighted by molar-refractivity contribution is 0.483. The van der Waals surface area contributed by atoms with Gasteiger partial charge in [0.15, 0.2) is 5.96 Å². The molecule has 0 amide bonds. The molecule has 0 aliphatic carbocycles. The number of anilines is 1. The van der Waals surface area contributed by atoms with E-state index in [9.17, 15) is 0 Å². The monoisotopic (exact) mass is 346 g/mol. The Bertz CT molecular complexity index is 878. The summed E-state index contributed by atoms with van der Waals surface area (Å²) in [6.45, 7) is 2.66. The average Bonchev–Trinajstić information content (AvgIpc) is 2.64. The van der Waals surface area contributed by atoms with Gasteiger partial charge in [-0.05, 0) is 54.8 Å². The van der Waals surface area contributed by atoms with Gasteiger partial charge in [0.25, 0.3) is 0 Å². The first-order valence-corrected chi connectivity index (χ1v) is 8.50. The summed E-state index contributed by atoms with van der Waals surface area (Å²) in [5.74, 6) is 1.91. The van der Waals surface area contributed by atoms with E-state index in [0.717, 1.165) is 23.6 Å². The van der Waals surface area contributed by atoms with Crippen molar-refractivity contribution in [1.29, 1.82) is 0 Å². The van der Waals surface area contributed by atoms with Crippen LogP contribution in [0.3, 0.4) is 0 Å². The van der Waals surface area contributed by atoms with E-state index in [0.29, 0.717) is 12.5 Å². The number of pyridine rings is 1. The molecule has 1 heterocycles. The Balaban J connectivity index is 1.57. The van der Waals surface area contributed by atoms with Crippen LogP contribution >= 0.6 is 0 Å². The zero-order valence-corrected chi connectivity index (χ0v) is 14.7. The molecule has 0 unspecified atom stereocenters. The molecular weight excluding hydrogens is 324 g/mol. The van der Waals surface area contributed by atoms with E-state index >= 15 is 0 Å². The van der Waals surface area contributed by atoms with Crippen LogP contribution < -0.4 is 15.8 Å². The van der Waals surface area contributed by atoms with Gasteiger partial charge in [0.1, 0.15) is 11.5 Å². The summed E-state index contributed by atoms with van der Waals surface area (Å²) in [5, 5.41) is 3.10. The van der Waals surface area contributed by atoms with Crippen molar-refractivity contribution in [1.82, 2.24) is 4.98 Å². The summed E-state index contributed by atoms with van der Waals surface area (Å²) in [6, 6.07) is 19.3. The number of hydrogen-bond donors (Lipinski definition) is 2. The Hall–Kier alpha value is -3.34. The highest BCUT2D eigenvalue weighted by atomic mass is 16.5. The number of nitrogens with two attached hydrogens (primary N) is 1. The molecule has 3 N–H and O–H groups in total. The van der Waals surface area contributed by atoms with Gasteiger partial charge in [0.05, 0.1) is 0 Å². The van der Waals surface area contributed by atoms with Gasteiger partial charge in [-0.15, -0.1) is 0 Å². The van der Waals surface area contributed by atoms with E-state index in [-0.39, 0.29) is 0 Å². The number of rotatable bonds is 6. The van der Waals surface area contributed by atoms with E-state index in [1.165, 1.54) is 11.1 Å². The topological polar surface area (TPSA) is 72.5 Å². The number of aryl methyl sites for hydroxylation is 1. The Morgan fingerprint density at radius 3 is 2.69 bits per heavy atom. The Kier molecular flexibility index (Phi) is 5.83. The molecule has 26 heavy (non-hydrogen) atoms. The molecule has 0 atom stereocenters. The summed E-state index contributed by atoms with van der Waals surface area (Å²) < 4.78 is 5.83. The first kappa shape index (κ1) is 17.5. The molecule has 1 aromatic heterocycles. The van der Waals surface area contributed by atoms with Crippen LogP contribution in [0.25, 0.3) is 0 Å². The van der Waals surface area contributed by atoms with Crippen molar-refractivity contribution in [3.05, 3.63) is 84.2 Å². The van der Waals surface area contributed by atoms with Crippen LogP contribution in [-0.2, 0) is 6.42 Å². The number of nitrogens with one attached hydrogen (secondary N) is 1. The van der Waals surface area contributed by atoms with Crippen LogP contribution in [-0.4, -0.2) is 17.5 Å². The third-order valence-corrected chi connectivity index (χ3v) is 3.89. The van der Waals surface area contributed by atoms with Crippen LogP contribution in [0.15, 0.2) is 78.0 Å². The second-order valence-corrected chi connectivity index (χ2v) is 5.89. The van der Waals surface area contributed by atoms with E-state index in [2.05, 4.69) is 15.3 Å². The standard InChI is InChI=1S/C21H22N4O/c1-16-15-23-12-10-17(16)11-13-24-21(22)25-18-6-5-9-20(14-18)26-19-7-3-2-4-8-19/h2-10,12,14-15H,11,13H2,1H3,(H3,22,24,25). The van der Waals surface area contributed by atoms with Crippen molar-refractivity contribution in [2.45, 2.75) is 13.3 Å². The van der Waals surface area contributed by atoms with Gasteiger partial charge in [-0.1, -0.05) is 24.3 Å². The number of guanidine groups is 1. The maximum Gasteiger partial charge on any atom is 0.193 e. The Morgan fingerprint density at radius 1 is 1.08 bits per heavy atom. The molecule has 3 rings (SSSR count). The number of hydrogen-bond acceptors (Lipinski definition) is 3.